The Balaban J connectivity index is 1.58. The highest BCUT2D eigenvalue weighted by Crippen LogP contribution is 2.30. The lowest BCUT2D eigenvalue weighted by atomic mass is 10.1. The zero-order chi connectivity index (χ0) is 24.1. The lowest BCUT2D eigenvalue weighted by Crippen LogP contribution is -2.48. The number of aromatic hydroxyl groups is 1. The summed E-state index contributed by atoms with van der Waals surface area (Å²) in [6.07, 6.45) is 6.78. The number of hydrogen-bond donors (Lipinski definition) is 2. The molecule has 0 spiro atoms. The van der Waals surface area contributed by atoms with E-state index in [1.807, 2.05) is 18.7 Å². The number of fused-ring (bicyclic) bond motifs is 3. The number of aryl methyl sites for hydroxylation is 1. The van der Waals surface area contributed by atoms with Crippen LogP contribution in [0.4, 0.5) is 0 Å². The van der Waals surface area contributed by atoms with Gasteiger partial charge in [0.15, 0.2) is 5.56 Å². The first kappa shape index (κ1) is 22.6. The van der Waals surface area contributed by atoms with E-state index in [-0.39, 0.29) is 41.4 Å². The second kappa shape index (κ2) is 8.57. The zero-order valence-electron chi connectivity index (χ0n) is 19.8. The van der Waals surface area contributed by atoms with Crippen molar-refractivity contribution in [2.45, 2.75) is 71.1 Å². The summed E-state index contributed by atoms with van der Waals surface area (Å²) in [4.78, 5) is 40.9. The average Bonchev–Trinajstić information content (AvgIpc) is 3.48. The molecule has 3 aliphatic rings. The molecule has 2 atom stereocenters. The first-order valence-corrected chi connectivity index (χ1v) is 12.0. The van der Waals surface area contributed by atoms with Crippen LogP contribution in [-0.4, -0.2) is 67.3 Å². The summed E-state index contributed by atoms with van der Waals surface area (Å²) in [7, 11) is 0. The monoisotopic (exact) mass is 469 g/mol. The van der Waals surface area contributed by atoms with Crippen LogP contribution in [0, 0.1) is 12.8 Å². The number of carbonyl (C=O) groups is 2. The van der Waals surface area contributed by atoms with E-state index in [2.05, 4.69) is 10.4 Å². The Hall–Kier alpha value is -3.14. The number of nitrogens with one attached hydrogen (secondary N) is 1. The minimum atomic E-state index is -0.675. The van der Waals surface area contributed by atoms with Gasteiger partial charge < -0.3 is 20.1 Å². The molecule has 1 aliphatic carbocycles. The quantitative estimate of drug-likeness (QED) is 0.619. The molecule has 2 aromatic rings. The summed E-state index contributed by atoms with van der Waals surface area (Å²) in [5.41, 5.74) is 0.481. The molecule has 2 aliphatic heterocycles. The van der Waals surface area contributed by atoms with Crippen molar-refractivity contribution in [3.63, 3.8) is 0 Å². The van der Waals surface area contributed by atoms with Gasteiger partial charge in [0.2, 0.25) is 11.8 Å². The number of rotatable bonds is 6. The molecule has 3 fully saturated rings. The van der Waals surface area contributed by atoms with Gasteiger partial charge in [0.1, 0.15) is 5.65 Å². The van der Waals surface area contributed by atoms with Gasteiger partial charge in [0.25, 0.3) is 11.5 Å². The van der Waals surface area contributed by atoms with Crippen LogP contribution in [-0.2, 0) is 16.1 Å². The summed E-state index contributed by atoms with van der Waals surface area (Å²) < 4.78 is 8.29. The Bertz CT molecular complexity index is 1220. The van der Waals surface area contributed by atoms with Crippen molar-refractivity contribution >= 4 is 23.5 Å². The summed E-state index contributed by atoms with van der Waals surface area (Å²) in [5.74, 6) is -0.949. The third kappa shape index (κ3) is 3.89. The molecule has 2 unspecified atom stereocenters. The molecule has 2 aromatic heterocycles. The lowest BCUT2D eigenvalue weighted by molar-refractivity contribution is -0.135. The molecule has 0 radical (unpaired) electrons. The third-order valence-electron chi connectivity index (χ3n) is 6.80. The van der Waals surface area contributed by atoms with Crippen LogP contribution in [0.25, 0.3) is 11.7 Å². The summed E-state index contributed by atoms with van der Waals surface area (Å²) in [6, 6.07) is 0.230. The van der Waals surface area contributed by atoms with Crippen molar-refractivity contribution in [3.05, 3.63) is 33.3 Å². The third-order valence-corrected chi connectivity index (χ3v) is 6.80. The number of amides is 2. The molecule has 2 saturated heterocycles. The van der Waals surface area contributed by atoms with Crippen molar-refractivity contribution in [2.75, 3.05) is 13.2 Å². The van der Waals surface area contributed by atoms with E-state index in [0.29, 0.717) is 36.7 Å². The van der Waals surface area contributed by atoms with Crippen LogP contribution >= 0.6 is 0 Å². The van der Waals surface area contributed by atoms with Gasteiger partial charge in [-0.15, -0.1) is 0 Å². The maximum atomic E-state index is 13.2. The van der Waals surface area contributed by atoms with Crippen LogP contribution in [0.1, 0.15) is 61.1 Å². The van der Waals surface area contributed by atoms with E-state index in [0.717, 1.165) is 25.7 Å². The second-order valence-corrected chi connectivity index (χ2v) is 9.99. The predicted molar refractivity (Wildman–Crippen MR) is 125 cm³/mol. The number of morpholine rings is 1. The molecular formula is C24H31N5O5. The fourth-order valence-corrected chi connectivity index (χ4v) is 5.01. The van der Waals surface area contributed by atoms with Gasteiger partial charge in [0, 0.05) is 24.2 Å². The van der Waals surface area contributed by atoms with E-state index < -0.39 is 11.5 Å². The first-order valence-electron chi connectivity index (χ1n) is 12.0. The Morgan fingerprint density at radius 3 is 2.50 bits per heavy atom. The Kier molecular flexibility index (Phi) is 5.71. The van der Waals surface area contributed by atoms with E-state index in [4.69, 9.17) is 4.74 Å². The van der Waals surface area contributed by atoms with Crippen LogP contribution in [0.15, 0.2) is 10.9 Å². The van der Waals surface area contributed by atoms with E-state index in [9.17, 15) is 19.5 Å². The predicted octanol–water partition coefficient (Wildman–Crippen LogP) is 1.46. The fraction of sp³-hybridized carbons (Fsp3) is 0.583. The largest absolute Gasteiger partial charge is 0.494 e. The number of nitrogens with zero attached hydrogens (tertiary/aromatic N) is 4. The van der Waals surface area contributed by atoms with Gasteiger partial charge in [-0.05, 0) is 44.6 Å². The van der Waals surface area contributed by atoms with Crippen molar-refractivity contribution in [1.29, 1.82) is 0 Å². The molecule has 2 bridgehead atoms. The summed E-state index contributed by atoms with van der Waals surface area (Å²) >= 11 is 0. The van der Waals surface area contributed by atoms with Crippen molar-refractivity contribution < 1.29 is 19.4 Å². The molecule has 34 heavy (non-hydrogen) atoms. The number of hydrogen-bond acceptors (Lipinski definition) is 6. The van der Waals surface area contributed by atoms with Crippen molar-refractivity contribution in [3.8, 4) is 5.88 Å². The van der Waals surface area contributed by atoms with E-state index >= 15 is 0 Å². The van der Waals surface area contributed by atoms with Gasteiger partial charge in [0.05, 0.1) is 31.0 Å². The summed E-state index contributed by atoms with van der Waals surface area (Å²) in [6.45, 7) is 7.18. The zero-order valence-corrected chi connectivity index (χ0v) is 19.8. The van der Waals surface area contributed by atoms with Crippen LogP contribution in [0.5, 0.6) is 5.88 Å². The first-order chi connectivity index (χ1) is 16.3. The maximum absolute atomic E-state index is 13.2. The smallest absolute Gasteiger partial charge is 0.291 e. The molecule has 182 valence electrons. The molecule has 4 heterocycles. The molecule has 1 saturated carbocycles. The highest BCUT2D eigenvalue weighted by molar-refractivity contribution is 5.97. The lowest BCUT2D eigenvalue weighted by Gasteiger charge is -2.33. The van der Waals surface area contributed by atoms with Gasteiger partial charge in [-0.3, -0.25) is 19.0 Å². The van der Waals surface area contributed by atoms with Crippen molar-refractivity contribution in [1.82, 2.24) is 24.4 Å². The van der Waals surface area contributed by atoms with Crippen molar-refractivity contribution in [2.24, 2.45) is 5.92 Å². The van der Waals surface area contributed by atoms with Crippen LogP contribution in [0.2, 0.25) is 0 Å². The van der Waals surface area contributed by atoms with E-state index in [1.165, 1.54) is 10.6 Å². The molecular weight excluding hydrogens is 438 g/mol. The Morgan fingerprint density at radius 1 is 1.21 bits per heavy atom. The fourth-order valence-electron chi connectivity index (χ4n) is 5.01. The molecule has 5 rings (SSSR count). The standard InChI is InChI=1S/C24H31N5O5/c1-13(2)10-27-22-18(8-9-19(30)28-16-6-7-17(28)12-34-11-16)14(3)26-29(22)24(33)20(23(27)32)21(31)25-15-4-5-15/h8-9,13,15-17,32H,4-7,10-12H2,1-3H3,(H,25,31). The number of carbonyl (C=O) groups excluding carboxylic acids is 2. The minimum absolute atomic E-state index is 0.0416. The molecule has 10 heteroatoms. The number of aromatic nitrogens is 3. The summed E-state index contributed by atoms with van der Waals surface area (Å²) in [5, 5.41) is 18.2. The second-order valence-electron chi connectivity index (χ2n) is 9.99. The Morgan fingerprint density at radius 2 is 1.88 bits per heavy atom. The van der Waals surface area contributed by atoms with Gasteiger partial charge in [-0.2, -0.15) is 9.61 Å². The van der Waals surface area contributed by atoms with Gasteiger partial charge in [-0.1, -0.05) is 13.8 Å². The highest BCUT2D eigenvalue weighted by atomic mass is 16.5. The molecule has 10 nitrogen and oxygen atoms in total. The van der Waals surface area contributed by atoms with E-state index in [1.54, 1.807) is 17.6 Å². The average molecular weight is 470 g/mol. The van der Waals surface area contributed by atoms with Gasteiger partial charge >= 0.3 is 0 Å². The minimum Gasteiger partial charge on any atom is -0.494 e. The Labute approximate surface area is 197 Å². The topological polar surface area (TPSA) is 118 Å². The number of ether oxygens (including phenoxy) is 1. The van der Waals surface area contributed by atoms with Crippen LogP contribution < -0.4 is 10.9 Å². The maximum Gasteiger partial charge on any atom is 0.291 e. The molecule has 2 N–H and O–H groups in total. The van der Waals surface area contributed by atoms with Crippen LogP contribution in [0.3, 0.4) is 0 Å². The molecule has 0 aromatic carbocycles. The van der Waals surface area contributed by atoms with Gasteiger partial charge in [-0.25, -0.2) is 0 Å². The normalized spacial score (nSPS) is 22.3. The SMILES string of the molecule is Cc1nn2c(=O)c(C(=O)NC3CC3)c(O)n(CC(C)C)c2c1C=CC(=O)N1C2CCC1COC2. The highest BCUT2D eigenvalue weighted by Gasteiger charge is 2.39. The molecule has 2 amide bonds.